The van der Waals surface area contributed by atoms with Gasteiger partial charge in [0.15, 0.2) is 5.13 Å². The molecule has 7 heteroatoms. The van der Waals surface area contributed by atoms with Gasteiger partial charge in [0.05, 0.1) is 18.6 Å². The third-order valence-corrected chi connectivity index (χ3v) is 5.37. The van der Waals surface area contributed by atoms with Crippen molar-refractivity contribution in [3.63, 3.8) is 0 Å². The predicted molar refractivity (Wildman–Crippen MR) is 110 cm³/mol. The highest BCUT2D eigenvalue weighted by Gasteiger charge is 2.15. The van der Waals surface area contributed by atoms with E-state index in [2.05, 4.69) is 34.8 Å². The molecule has 0 aliphatic heterocycles. The molecule has 1 N–H and O–H groups in total. The number of hydrogen-bond donors (Lipinski definition) is 1. The molecular weight excluding hydrogens is 366 g/mol. The van der Waals surface area contributed by atoms with Crippen molar-refractivity contribution < 1.29 is 9.53 Å². The predicted octanol–water partition coefficient (Wildman–Crippen LogP) is 4.53. The van der Waals surface area contributed by atoms with Gasteiger partial charge in [0.1, 0.15) is 5.75 Å². The van der Waals surface area contributed by atoms with Gasteiger partial charge in [0, 0.05) is 28.0 Å². The summed E-state index contributed by atoms with van der Waals surface area (Å²) in [5.41, 5.74) is 5.27. The summed E-state index contributed by atoms with van der Waals surface area (Å²) >= 11 is 2.94. The van der Waals surface area contributed by atoms with E-state index in [-0.39, 0.29) is 5.91 Å². The molecule has 136 valence electrons. The van der Waals surface area contributed by atoms with E-state index in [1.807, 2.05) is 35.9 Å². The van der Waals surface area contributed by atoms with Crippen LogP contribution < -0.4 is 10.1 Å². The third-order valence-electron chi connectivity index (χ3n) is 4.06. The van der Waals surface area contributed by atoms with Gasteiger partial charge in [0.2, 0.25) is 5.91 Å². The number of methoxy groups -OCH3 is 1. The molecular formula is C19H21N3O2S2. The lowest BCUT2D eigenvalue weighted by atomic mass is 10.2. The van der Waals surface area contributed by atoms with E-state index in [1.165, 1.54) is 23.1 Å². The van der Waals surface area contributed by atoms with E-state index in [0.717, 1.165) is 34.1 Å². The molecule has 0 bridgehead atoms. The molecule has 0 atom stereocenters. The molecule has 26 heavy (non-hydrogen) atoms. The Hall–Kier alpha value is -2.25. The number of nitrogens with zero attached hydrogens (tertiary/aromatic N) is 2. The summed E-state index contributed by atoms with van der Waals surface area (Å²) in [6, 6.07) is 10.1. The molecule has 0 spiro atoms. The highest BCUT2D eigenvalue weighted by atomic mass is 32.2. The first-order valence-corrected chi connectivity index (χ1v) is 10.4. The van der Waals surface area contributed by atoms with Crippen LogP contribution in [0.2, 0.25) is 0 Å². The van der Waals surface area contributed by atoms with Crippen LogP contribution in [-0.2, 0) is 4.79 Å². The summed E-state index contributed by atoms with van der Waals surface area (Å²) in [5, 5.41) is 5.46. The number of thioether (sulfide) groups is 1. The highest BCUT2D eigenvalue weighted by molar-refractivity contribution is 7.99. The van der Waals surface area contributed by atoms with E-state index >= 15 is 0 Å². The van der Waals surface area contributed by atoms with Crippen LogP contribution in [0.3, 0.4) is 0 Å². The van der Waals surface area contributed by atoms with Crippen molar-refractivity contribution in [1.82, 2.24) is 9.55 Å². The van der Waals surface area contributed by atoms with Crippen LogP contribution in [0.4, 0.5) is 5.13 Å². The van der Waals surface area contributed by atoms with Crippen LogP contribution in [0.1, 0.15) is 11.4 Å². The summed E-state index contributed by atoms with van der Waals surface area (Å²) in [6.45, 7) is 4.16. The lowest BCUT2D eigenvalue weighted by Crippen LogP contribution is -2.13. The van der Waals surface area contributed by atoms with Gasteiger partial charge in [-0.2, -0.15) is 11.8 Å². The van der Waals surface area contributed by atoms with Crippen molar-refractivity contribution in [1.29, 1.82) is 0 Å². The number of carbonyl (C=O) groups excluding carboxylic acids is 1. The Bertz CT molecular complexity index is 914. The van der Waals surface area contributed by atoms with Crippen LogP contribution in [0.15, 0.2) is 35.7 Å². The topological polar surface area (TPSA) is 56.1 Å². The minimum Gasteiger partial charge on any atom is -0.497 e. The maximum absolute atomic E-state index is 11.7. The number of aryl methyl sites for hydroxylation is 1. The van der Waals surface area contributed by atoms with E-state index in [9.17, 15) is 4.79 Å². The average Bonchev–Trinajstić information content (AvgIpc) is 3.19. The van der Waals surface area contributed by atoms with Crippen molar-refractivity contribution >= 4 is 34.1 Å². The smallest absolute Gasteiger partial charge is 0.236 e. The van der Waals surface area contributed by atoms with Crippen LogP contribution in [-0.4, -0.2) is 34.6 Å². The Kier molecular flexibility index (Phi) is 5.68. The zero-order valence-electron chi connectivity index (χ0n) is 15.2. The third kappa shape index (κ3) is 3.78. The molecule has 1 amide bonds. The van der Waals surface area contributed by atoms with Gasteiger partial charge < -0.3 is 14.6 Å². The molecule has 0 aliphatic rings. The van der Waals surface area contributed by atoms with Crippen molar-refractivity contribution in [2.75, 3.05) is 24.4 Å². The second-order valence-electron chi connectivity index (χ2n) is 5.84. The van der Waals surface area contributed by atoms with Gasteiger partial charge in [-0.3, -0.25) is 4.79 Å². The van der Waals surface area contributed by atoms with Crippen molar-refractivity contribution in [3.05, 3.63) is 47.1 Å². The van der Waals surface area contributed by atoms with E-state index < -0.39 is 0 Å². The zero-order valence-corrected chi connectivity index (χ0v) is 16.8. The first-order chi connectivity index (χ1) is 12.5. The largest absolute Gasteiger partial charge is 0.497 e. The molecule has 2 aromatic heterocycles. The highest BCUT2D eigenvalue weighted by Crippen LogP contribution is 2.32. The van der Waals surface area contributed by atoms with Crippen LogP contribution >= 0.6 is 23.1 Å². The van der Waals surface area contributed by atoms with Crippen LogP contribution in [0.5, 0.6) is 5.75 Å². The quantitative estimate of drug-likeness (QED) is 0.675. The summed E-state index contributed by atoms with van der Waals surface area (Å²) in [6.07, 6.45) is 1.90. The molecule has 1 aromatic carbocycles. The van der Waals surface area contributed by atoms with Gasteiger partial charge in [-0.1, -0.05) is 0 Å². The number of nitrogens with one attached hydrogen (secondary N) is 1. The first kappa shape index (κ1) is 18.5. The molecule has 3 aromatic rings. The monoisotopic (exact) mass is 387 g/mol. The van der Waals surface area contributed by atoms with Crippen molar-refractivity contribution in [2.24, 2.45) is 0 Å². The van der Waals surface area contributed by atoms with E-state index in [1.54, 1.807) is 7.11 Å². The normalized spacial score (nSPS) is 10.8. The average molecular weight is 388 g/mol. The van der Waals surface area contributed by atoms with E-state index in [4.69, 9.17) is 4.74 Å². The lowest BCUT2D eigenvalue weighted by molar-refractivity contribution is -0.113. The number of rotatable bonds is 6. The molecule has 2 heterocycles. The molecule has 5 nitrogen and oxygen atoms in total. The fourth-order valence-electron chi connectivity index (χ4n) is 2.89. The summed E-state index contributed by atoms with van der Waals surface area (Å²) in [4.78, 5) is 16.3. The second kappa shape index (κ2) is 7.97. The number of hydrogen-bond acceptors (Lipinski definition) is 5. The minimum atomic E-state index is -0.0258. The van der Waals surface area contributed by atoms with Crippen LogP contribution in [0, 0.1) is 13.8 Å². The SMILES string of the molecule is COc1ccc(-n2c(C)cc(-c3csc(NC(=O)CSC)n3)c2C)cc1. The molecule has 0 aliphatic carbocycles. The maximum atomic E-state index is 11.7. The van der Waals surface area contributed by atoms with Crippen molar-refractivity contribution in [2.45, 2.75) is 13.8 Å². The molecule has 0 unspecified atom stereocenters. The Balaban J connectivity index is 1.90. The summed E-state index contributed by atoms with van der Waals surface area (Å²) in [7, 11) is 1.66. The summed E-state index contributed by atoms with van der Waals surface area (Å²) in [5.74, 6) is 1.24. The molecule has 0 fully saturated rings. The first-order valence-electron chi connectivity index (χ1n) is 8.11. The minimum absolute atomic E-state index is 0.0258. The lowest BCUT2D eigenvalue weighted by Gasteiger charge is -2.10. The number of benzene rings is 1. The number of thiazole rings is 1. The number of anilines is 1. The Labute approximate surface area is 161 Å². The molecule has 0 saturated carbocycles. The molecule has 3 rings (SSSR count). The van der Waals surface area contributed by atoms with Crippen LogP contribution in [0.25, 0.3) is 16.9 Å². The number of aromatic nitrogens is 2. The number of carbonyl (C=O) groups is 1. The van der Waals surface area contributed by atoms with E-state index in [0.29, 0.717) is 10.9 Å². The Morgan fingerprint density at radius 3 is 2.69 bits per heavy atom. The Morgan fingerprint density at radius 2 is 2.04 bits per heavy atom. The van der Waals surface area contributed by atoms with Gasteiger partial charge in [-0.15, -0.1) is 11.3 Å². The standard InChI is InChI=1S/C19H21N3O2S2/c1-12-9-16(17-10-26-19(20-17)21-18(23)11-25-4)13(2)22(12)14-5-7-15(24-3)8-6-14/h5-10H,11H2,1-4H3,(H,20,21,23). The van der Waals surface area contributed by atoms with Crippen molar-refractivity contribution in [3.8, 4) is 22.7 Å². The fourth-order valence-corrected chi connectivity index (χ4v) is 3.95. The van der Waals surface area contributed by atoms with Gasteiger partial charge in [-0.05, 0) is 50.4 Å². The summed E-state index contributed by atoms with van der Waals surface area (Å²) < 4.78 is 7.43. The Morgan fingerprint density at radius 1 is 1.31 bits per heavy atom. The number of ether oxygens (including phenoxy) is 1. The van der Waals surface area contributed by atoms with Gasteiger partial charge >= 0.3 is 0 Å². The second-order valence-corrected chi connectivity index (χ2v) is 7.56. The zero-order chi connectivity index (χ0) is 18.7. The molecule has 0 radical (unpaired) electrons. The number of amides is 1. The fraction of sp³-hybridized carbons (Fsp3) is 0.263. The molecule has 0 saturated heterocycles. The van der Waals surface area contributed by atoms with Gasteiger partial charge in [0.25, 0.3) is 0 Å². The van der Waals surface area contributed by atoms with Gasteiger partial charge in [-0.25, -0.2) is 4.98 Å². The maximum Gasteiger partial charge on any atom is 0.236 e.